The Morgan fingerprint density at radius 3 is 2.31 bits per heavy atom. The molecule has 0 spiro atoms. The third-order valence-electron chi connectivity index (χ3n) is 3.90. The molecular weight excluding hydrogens is 194 g/mol. The molecule has 0 amide bonds. The molecule has 1 saturated carbocycles. The van der Waals surface area contributed by atoms with Crippen LogP contribution < -0.4 is 5.32 Å². The van der Waals surface area contributed by atoms with Crippen molar-refractivity contribution >= 4 is 0 Å². The van der Waals surface area contributed by atoms with Crippen molar-refractivity contribution in [2.75, 3.05) is 13.1 Å². The minimum atomic E-state index is 1.08. The molecule has 0 saturated heterocycles. The highest BCUT2D eigenvalue weighted by Crippen LogP contribution is 2.28. The minimum Gasteiger partial charge on any atom is -0.317 e. The molecule has 1 heteroatoms. The Kier molecular flexibility index (Phi) is 8.88. The number of unbranched alkanes of at least 4 members (excludes halogenated alkanes) is 4. The fourth-order valence-corrected chi connectivity index (χ4v) is 2.79. The van der Waals surface area contributed by atoms with Crippen molar-refractivity contribution in [3.63, 3.8) is 0 Å². The molecule has 1 aliphatic carbocycles. The lowest BCUT2D eigenvalue weighted by molar-refractivity contribution is 0.467. The quantitative estimate of drug-likeness (QED) is 0.539. The first-order valence-electron chi connectivity index (χ1n) is 7.64. The molecule has 0 unspecified atom stereocenters. The van der Waals surface area contributed by atoms with Crippen molar-refractivity contribution < 1.29 is 0 Å². The Morgan fingerprint density at radius 2 is 1.56 bits per heavy atom. The van der Waals surface area contributed by atoms with E-state index in [-0.39, 0.29) is 0 Å². The monoisotopic (exact) mass is 225 g/mol. The average Bonchev–Trinajstić information content (AvgIpc) is 2.80. The van der Waals surface area contributed by atoms with Crippen LogP contribution in [-0.2, 0) is 0 Å². The van der Waals surface area contributed by atoms with Crippen LogP contribution in [0.5, 0.6) is 0 Å². The summed E-state index contributed by atoms with van der Waals surface area (Å²) in [5.74, 6) is 1.08. The third kappa shape index (κ3) is 7.27. The second-order valence-corrected chi connectivity index (χ2v) is 5.46. The molecule has 0 heterocycles. The predicted octanol–water partition coefficient (Wildman–Crippen LogP) is 4.52. The van der Waals surface area contributed by atoms with Crippen LogP contribution in [0.2, 0.25) is 0 Å². The second kappa shape index (κ2) is 10.1. The molecule has 1 aliphatic rings. The summed E-state index contributed by atoms with van der Waals surface area (Å²) in [6, 6.07) is 0. The lowest BCUT2D eigenvalue weighted by atomic mass is 10.0. The van der Waals surface area contributed by atoms with Crippen LogP contribution in [0.3, 0.4) is 0 Å². The maximum absolute atomic E-state index is 3.59. The van der Waals surface area contributed by atoms with Gasteiger partial charge in [0, 0.05) is 0 Å². The summed E-state index contributed by atoms with van der Waals surface area (Å²) in [6.45, 7) is 4.78. The van der Waals surface area contributed by atoms with Crippen LogP contribution in [-0.4, -0.2) is 13.1 Å². The average molecular weight is 225 g/mol. The summed E-state index contributed by atoms with van der Waals surface area (Å²) in [5.41, 5.74) is 0. The smallest absolute Gasteiger partial charge is 0.00488 e. The Morgan fingerprint density at radius 1 is 0.875 bits per heavy atom. The fraction of sp³-hybridized carbons (Fsp3) is 1.00. The van der Waals surface area contributed by atoms with E-state index in [4.69, 9.17) is 0 Å². The molecule has 1 N–H and O–H groups in total. The van der Waals surface area contributed by atoms with E-state index in [9.17, 15) is 0 Å². The molecule has 0 radical (unpaired) electrons. The Balaban J connectivity index is 1.71. The molecule has 16 heavy (non-hydrogen) atoms. The molecule has 0 aromatic rings. The van der Waals surface area contributed by atoms with Gasteiger partial charge in [0.25, 0.3) is 0 Å². The van der Waals surface area contributed by atoms with Gasteiger partial charge in [0.2, 0.25) is 0 Å². The highest BCUT2D eigenvalue weighted by Gasteiger charge is 2.13. The van der Waals surface area contributed by atoms with E-state index < -0.39 is 0 Å². The van der Waals surface area contributed by atoms with E-state index in [1.807, 2.05) is 0 Å². The third-order valence-corrected chi connectivity index (χ3v) is 3.90. The van der Waals surface area contributed by atoms with Crippen molar-refractivity contribution in [3.8, 4) is 0 Å². The Labute approximate surface area is 102 Å². The van der Waals surface area contributed by atoms with Gasteiger partial charge in [-0.1, -0.05) is 58.3 Å². The first kappa shape index (κ1) is 14.0. The molecule has 1 rings (SSSR count). The second-order valence-electron chi connectivity index (χ2n) is 5.46. The van der Waals surface area contributed by atoms with Gasteiger partial charge in [0.15, 0.2) is 0 Å². The standard InChI is InChI=1S/C15H31N/c1-2-3-4-5-8-13-16-14-9-12-15-10-6-7-11-15/h15-16H,2-14H2,1H3. The number of hydrogen-bond acceptors (Lipinski definition) is 1. The summed E-state index contributed by atoms with van der Waals surface area (Å²) < 4.78 is 0. The van der Waals surface area contributed by atoms with Crippen LogP contribution >= 0.6 is 0 Å². The molecule has 0 aromatic heterocycles. The van der Waals surface area contributed by atoms with E-state index in [1.54, 1.807) is 0 Å². The van der Waals surface area contributed by atoms with Gasteiger partial charge in [0.1, 0.15) is 0 Å². The van der Waals surface area contributed by atoms with Gasteiger partial charge in [0.05, 0.1) is 0 Å². The molecule has 0 aliphatic heterocycles. The van der Waals surface area contributed by atoms with Gasteiger partial charge in [-0.3, -0.25) is 0 Å². The highest BCUT2D eigenvalue weighted by molar-refractivity contribution is 4.67. The zero-order valence-corrected chi connectivity index (χ0v) is 11.3. The van der Waals surface area contributed by atoms with Crippen LogP contribution in [0.1, 0.15) is 77.6 Å². The molecule has 96 valence electrons. The van der Waals surface area contributed by atoms with Gasteiger partial charge < -0.3 is 5.32 Å². The number of nitrogens with one attached hydrogen (secondary N) is 1. The first-order valence-corrected chi connectivity index (χ1v) is 7.64. The summed E-state index contributed by atoms with van der Waals surface area (Å²) >= 11 is 0. The lowest BCUT2D eigenvalue weighted by Crippen LogP contribution is -2.17. The Bertz CT molecular complexity index is 138. The number of rotatable bonds is 10. The van der Waals surface area contributed by atoms with Crippen molar-refractivity contribution in [2.45, 2.75) is 77.6 Å². The predicted molar refractivity (Wildman–Crippen MR) is 72.8 cm³/mol. The van der Waals surface area contributed by atoms with Gasteiger partial charge >= 0.3 is 0 Å². The largest absolute Gasteiger partial charge is 0.317 e. The summed E-state index contributed by atoms with van der Waals surface area (Å²) in [4.78, 5) is 0. The van der Waals surface area contributed by atoms with Crippen LogP contribution in [0, 0.1) is 5.92 Å². The van der Waals surface area contributed by atoms with E-state index in [0.717, 1.165) is 5.92 Å². The normalized spacial score (nSPS) is 17.1. The summed E-state index contributed by atoms with van der Waals surface area (Å²) in [5, 5.41) is 3.59. The zero-order chi connectivity index (χ0) is 11.5. The molecule has 0 bridgehead atoms. The molecular formula is C15H31N. The van der Waals surface area contributed by atoms with E-state index in [0.29, 0.717) is 0 Å². The van der Waals surface area contributed by atoms with Gasteiger partial charge in [-0.25, -0.2) is 0 Å². The fourth-order valence-electron chi connectivity index (χ4n) is 2.79. The van der Waals surface area contributed by atoms with Crippen molar-refractivity contribution in [2.24, 2.45) is 5.92 Å². The first-order chi connectivity index (χ1) is 7.93. The Hall–Kier alpha value is -0.0400. The zero-order valence-electron chi connectivity index (χ0n) is 11.3. The summed E-state index contributed by atoms with van der Waals surface area (Å²) in [7, 11) is 0. The molecule has 1 nitrogen and oxygen atoms in total. The maximum atomic E-state index is 3.59. The minimum absolute atomic E-state index is 1.08. The van der Waals surface area contributed by atoms with Crippen molar-refractivity contribution in [3.05, 3.63) is 0 Å². The summed E-state index contributed by atoms with van der Waals surface area (Å²) in [6.07, 6.45) is 15.9. The topological polar surface area (TPSA) is 12.0 Å². The van der Waals surface area contributed by atoms with Crippen molar-refractivity contribution in [1.29, 1.82) is 0 Å². The van der Waals surface area contributed by atoms with E-state index >= 15 is 0 Å². The van der Waals surface area contributed by atoms with Crippen LogP contribution in [0.15, 0.2) is 0 Å². The van der Waals surface area contributed by atoms with Gasteiger partial charge in [-0.2, -0.15) is 0 Å². The van der Waals surface area contributed by atoms with Gasteiger partial charge in [-0.15, -0.1) is 0 Å². The van der Waals surface area contributed by atoms with Crippen LogP contribution in [0.25, 0.3) is 0 Å². The van der Waals surface area contributed by atoms with E-state index in [1.165, 1.54) is 83.7 Å². The molecule has 0 atom stereocenters. The lowest BCUT2D eigenvalue weighted by Gasteiger charge is -2.09. The van der Waals surface area contributed by atoms with E-state index in [2.05, 4.69) is 12.2 Å². The van der Waals surface area contributed by atoms with Crippen LogP contribution in [0.4, 0.5) is 0 Å². The maximum Gasteiger partial charge on any atom is -0.00488 e. The van der Waals surface area contributed by atoms with Gasteiger partial charge in [-0.05, 0) is 38.3 Å². The number of hydrogen-bond donors (Lipinski definition) is 1. The molecule has 0 aromatic carbocycles. The highest BCUT2D eigenvalue weighted by atomic mass is 14.8. The molecule has 1 fully saturated rings. The van der Waals surface area contributed by atoms with Crippen molar-refractivity contribution in [1.82, 2.24) is 5.32 Å². The SMILES string of the molecule is CCCCCCCNCCCC1CCCC1.